The average Bonchev–Trinajstić information content (AvgIpc) is 2.53. The van der Waals surface area contributed by atoms with Crippen LogP contribution in [0.25, 0.3) is 0 Å². The van der Waals surface area contributed by atoms with Gasteiger partial charge >= 0.3 is 5.97 Å². The molecule has 1 atom stereocenters. The van der Waals surface area contributed by atoms with Crippen molar-refractivity contribution < 1.29 is 19.5 Å². The van der Waals surface area contributed by atoms with Gasteiger partial charge in [-0.05, 0) is 17.5 Å². The number of carboxylic acids is 1. The lowest BCUT2D eigenvalue weighted by atomic mass is 9.89. The van der Waals surface area contributed by atoms with Crippen LogP contribution in [0.15, 0.2) is 24.3 Å². The van der Waals surface area contributed by atoms with Gasteiger partial charge in [0.1, 0.15) is 0 Å². The van der Waals surface area contributed by atoms with Crippen LogP contribution in [0.3, 0.4) is 0 Å². The van der Waals surface area contributed by atoms with E-state index in [1.807, 2.05) is 24.3 Å². The summed E-state index contributed by atoms with van der Waals surface area (Å²) in [7, 11) is 3.37. The number of carbonyl (C=O) groups is 3. The number of carbonyl (C=O) groups excluding carboxylic acids is 2. The molecule has 0 aliphatic carbocycles. The second-order valence-electron chi connectivity index (χ2n) is 6.01. The van der Waals surface area contributed by atoms with E-state index in [-0.39, 0.29) is 24.8 Å². The highest BCUT2D eigenvalue weighted by atomic mass is 16.4. The zero-order valence-electron chi connectivity index (χ0n) is 13.5. The monoisotopic (exact) mass is 318 g/mol. The molecule has 1 aromatic carbocycles. The molecule has 0 saturated carbocycles. The van der Waals surface area contributed by atoms with Crippen molar-refractivity contribution in [3.8, 4) is 0 Å². The molecule has 0 bridgehead atoms. The Morgan fingerprint density at radius 1 is 1.22 bits per heavy atom. The van der Waals surface area contributed by atoms with Crippen LogP contribution in [0.4, 0.5) is 0 Å². The minimum atomic E-state index is -0.919. The van der Waals surface area contributed by atoms with Gasteiger partial charge in [-0.1, -0.05) is 24.3 Å². The van der Waals surface area contributed by atoms with Crippen LogP contribution in [-0.2, 0) is 20.9 Å². The summed E-state index contributed by atoms with van der Waals surface area (Å²) in [5.41, 5.74) is 1.66. The molecule has 2 amide bonds. The van der Waals surface area contributed by atoms with Gasteiger partial charge in [0.05, 0.1) is 5.92 Å². The first kappa shape index (κ1) is 17.0. The Morgan fingerprint density at radius 3 is 2.57 bits per heavy atom. The standard InChI is InChI=1S/C17H22N2O4/c1-18(2)15(20)8-5-9-16(21)19-10-12-6-3-4-7-13(12)14(11-19)17(22)23/h3-4,6-7,14H,5,8-11H2,1-2H3,(H,22,23). The molecule has 1 aliphatic heterocycles. The van der Waals surface area contributed by atoms with E-state index in [0.717, 1.165) is 11.1 Å². The highest BCUT2D eigenvalue weighted by Gasteiger charge is 2.32. The Labute approximate surface area is 135 Å². The Balaban J connectivity index is 2.00. The number of amides is 2. The Hall–Kier alpha value is -2.37. The van der Waals surface area contributed by atoms with E-state index in [9.17, 15) is 19.5 Å². The molecule has 6 nitrogen and oxygen atoms in total. The fraction of sp³-hybridized carbons (Fsp3) is 0.471. The first-order valence-electron chi connectivity index (χ1n) is 7.68. The van der Waals surface area contributed by atoms with Gasteiger partial charge in [0.15, 0.2) is 0 Å². The molecule has 1 unspecified atom stereocenters. The maximum Gasteiger partial charge on any atom is 0.312 e. The molecule has 1 heterocycles. The van der Waals surface area contributed by atoms with E-state index in [2.05, 4.69) is 0 Å². The van der Waals surface area contributed by atoms with Crippen LogP contribution in [0, 0.1) is 0 Å². The van der Waals surface area contributed by atoms with Gasteiger partial charge in [0.2, 0.25) is 11.8 Å². The Morgan fingerprint density at radius 2 is 1.91 bits per heavy atom. The number of carboxylic acid groups (broad SMARTS) is 1. The highest BCUT2D eigenvalue weighted by Crippen LogP contribution is 2.29. The summed E-state index contributed by atoms with van der Waals surface area (Å²) in [5, 5.41) is 9.41. The Kier molecular flexibility index (Phi) is 5.36. The van der Waals surface area contributed by atoms with E-state index in [1.165, 1.54) is 4.90 Å². The molecule has 1 N–H and O–H groups in total. The highest BCUT2D eigenvalue weighted by molar-refractivity contribution is 5.82. The summed E-state index contributed by atoms with van der Waals surface area (Å²) in [5.74, 6) is -1.72. The van der Waals surface area contributed by atoms with Crippen molar-refractivity contribution in [3.05, 3.63) is 35.4 Å². The molecular formula is C17H22N2O4. The molecule has 124 valence electrons. The third-order valence-corrected chi connectivity index (χ3v) is 4.13. The summed E-state index contributed by atoms with van der Waals surface area (Å²) in [6.45, 7) is 0.618. The molecule has 0 aromatic heterocycles. The lowest BCUT2D eigenvalue weighted by Crippen LogP contribution is -2.40. The zero-order valence-corrected chi connectivity index (χ0v) is 13.5. The minimum Gasteiger partial charge on any atom is -0.481 e. The maximum absolute atomic E-state index is 12.3. The topological polar surface area (TPSA) is 77.9 Å². The quantitative estimate of drug-likeness (QED) is 0.891. The molecule has 1 aromatic rings. The van der Waals surface area contributed by atoms with E-state index in [0.29, 0.717) is 19.4 Å². The maximum atomic E-state index is 12.3. The smallest absolute Gasteiger partial charge is 0.312 e. The van der Waals surface area contributed by atoms with Crippen molar-refractivity contribution >= 4 is 17.8 Å². The molecule has 2 rings (SSSR count). The Bertz CT molecular complexity index is 612. The van der Waals surface area contributed by atoms with Gasteiger partial charge in [0, 0.05) is 40.0 Å². The second kappa shape index (κ2) is 7.26. The lowest BCUT2D eigenvalue weighted by molar-refractivity contribution is -0.141. The zero-order chi connectivity index (χ0) is 17.0. The van der Waals surface area contributed by atoms with Gasteiger partial charge in [-0.15, -0.1) is 0 Å². The molecule has 0 spiro atoms. The third-order valence-electron chi connectivity index (χ3n) is 4.13. The van der Waals surface area contributed by atoms with Crippen LogP contribution in [-0.4, -0.2) is 53.3 Å². The van der Waals surface area contributed by atoms with Gasteiger partial charge < -0.3 is 14.9 Å². The normalized spacial score (nSPS) is 16.6. The van der Waals surface area contributed by atoms with Crippen molar-refractivity contribution in [1.29, 1.82) is 0 Å². The van der Waals surface area contributed by atoms with E-state index in [1.54, 1.807) is 19.0 Å². The molecule has 6 heteroatoms. The largest absolute Gasteiger partial charge is 0.481 e. The van der Waals surface area contributed by atoms with Crippen LogP contribution >= 0.6 is 0 Å². The third kappa shape index (κ3) is 4.09. The van der Waals surface area contributed by atoms with Crippen molar-refractivity contribution in [3.63, 3.8) is 0 Å². The molecule has 0 saturated heterocycles. The number of nitrogens with zero attached hydrogens (tertiary/aromatic N) is 2. The lowest BCUT2D eigenvalue weighted by Gasteiger charge is -2.33. The van der Waals surface area contributed by atoms with Crippen molar-refractivity contribution in [2.24, 2.45) is 0 Å². The van der Waals surface area contributed by atoms with E-state index >= 15 is 0 Å². The van der Waals surface area contributed by atoms with Crippen molar-refractivity contribution in [2.75, 3.05) is 20.6 Å². The summed E-state index contributed by atoms with van der Waals surface area (Å²) in [6.07, 6.45) is 1.06. The van der Waals surface area contributed by atoms with Gasteiger partial charge in [0.25, 0.3) is 0 Å². The number of hydrogen-bond donors (Lipinski definition) is 1. The van der Waals surface area contributed by atoms with Crippen LogP contribution in [0.5, 0.6) is 0 Å². The van der Waals surface area contributed by atoms with Gasteiger partial charge in [-0.2, -0.15) is 0 Å². The van der Waals surface area contributed by atoms with Gasteiger partial charge in [-0.3, -0.25) is 14.4 Å². The number of fused-ring (bicyclic) bond motifs is 1. The first-order valence-corrected chi connectivity index (χ1v) is 7.68. The second-order valence-corrected chi connectivity index (χ2v) is 6.01. The summed E-state index contributed by atoms with van der Waals surface area (Å²) < 4.78 is 0. The molecule has 23 heavy (non-hydrogen) atoms. The molecule has 0 radical (unpaired) electrons. The average molecular weight is 318 g/mol. The minimum absolute atomic E-state index is 0.00907. The molecule has 0 fully saturated rings. The predicted molar refractivity (Wildman–Crippen MR) is 84.8 cm³/mol. The predicted octanol–water partition coefficient (Wildman–Crippen LogP) is 1.46. The first-order chi connectivity index (χ1) is 10.9. The molecule has 1 aliphatic rings. The molecular weight excluding hydrogens is 296 g/mol. The van der Waals surface area contributed by atoms with Crippen molar-refractivity contribution in [1.82, 2.24) is 9.80 Å². The summed E-state index contributed by atoms with van der Waals surface area (Å²) >= 11 is 0. The summed E-state index contributed by atoms with van der Waals surface area (Å²) in [6, 6.07) is 7.34. The summed E-state index contributed by atoms with van der Waals surface area (Å²) in [4.78, 5) is 38.4. The number of rotatable bonds is 5. The van der Waals surface area contributed by atoms with Crippen LogP contribution in [0.1, 0.15) is 36.3 Å². The SMILES string of the molecule is CN(C)C(=O)CCCC(=O)N1Cc2ccccc2C(C(=O)O)C1. The fourth-order valence-corrected chi connectivity index (χ4v) is 2.78. The van der Waals surface area contributed by atoms with E-state index < -0.39 is 11.9 Å². The van der Waals surface area contributed by atoms with Crippen LogP contribution in [0.2, 0.25) is 0 Å². The number of hydrogen-bond acceptors (Lipinski definition) is 3. The number of benzene rings is 1. The number of aliphatic carboxylic acids is 1. The van der Waals surface area contributed by atoms with E-state index in [4.69, 9.17) is 0 Å². The van der Waals surface area contributed by atoms with Gasteiger partial charge in [-0.25, -0.2) is 0 Å². The van der Waals surface area contributed by atoms with Crippen LogP contribution < -0.4 is 0 Å². The van der Waals surface area contributed by atoms with Crippen molar-refractivity contribution in [2.45, 2.75) is 31.7 Å². The fourth-order valence-electron chi connectivity index (χ4n) is 2.78.